The monoisotopic (exact) mass is 242 g/mol. The smallest absolute Gasteiger partial charge is 0.320 e. The Kier molecular flexibility index (Phi) is 5.97. The molecule has 1 aliphatic rings. The molecular formula is C12H22N2O3. The van der Waals surface area contributed by atoms with Crippen LogP contribution in [-0.2, 0) is 14.3 Å². The molecule has 0 unspecified atom stereocenters. The molecule has 0 aromatic heterocycles. The minimum absolute atomic E-state index is 0.0173. The van der Waals surface area contributed by atoms with Gasteiger partial charge in [-0.1, -0.05) is 13.3 Å². The molecule has 0 bridgehead atoms. The summed E-state index contributed by atoms with van der Waals surface area (Å²) in [6, 6.07) is 0.368. The number of carbonyl (C=O) groups excluding carboxylic acids is 2. The number of likely N-dealkylation sites (N-methyl/N-ethyl adjacent to an activating group) is 1. The molecule has 1 rings (SSSR count). The summed E-state index contributed by atoms with van der Waals surface area (Å²) in [6.07, 6.45) is 4.05. The van der Waals surface area contributed by atoms with Crippen LogP contribution in [0.5, 0.6) is 0 Å². The second-order valence-corrected chi connectivity index (χ2v) is 4.59. The van der Waals surface area contributed by atoms with E-state index in [1.807, 2.05) is 6.92 Å². The predicted octanol–water partition coefficient (Wildman–Crippen LogP) is 0.540. The van der Waals surface area contributed by atoms with Crippen molar-refractivity contribution >= 4 is 11.9 Å². The third-order valence-corrected chi connectivity index (χ3v) is 2.52. The average molecular weight is 242 g/mol. The summed E-state index contributed by atoms with van der Waals surface area (Å²) in [4.78, 5) is 24.5. The highest BCUT2D eigenvalue weighted by Gasteiger charge is 2.23. The molecule has 17 heavy (non-hydrogen) atoms. The minimum atomic E-state index is -0.264. The lowest BCUT2D eigenvalue weighted by Crippen LogP contribution is -2.38. The molecule has 1 fully saturated rings. The zero-order valence-corrected chi connectivity index (χ0v) is 10.7. The zero-order valence-electron chi connectivity index (χ0n) is 10.7. The first-order chi connectivity index (χ1) is 8.11. The molecule has 1 amide bonds. The number of unbranched alkanes of at least 4 members (excludes halogenated alkanes) is 1. The number of hydrogen-bond donors (Lipinski definition) is 1. The van der Waals surface area contributed by atoms with Crippen molar-refractivity contribution in [3.05, 3.63) is 0 Å². The number of hydrogen-bond acceptors (Lipinski definition) is 4. The molecular weight excluding hydrogens is 220 g/mol. The fourth-order valence-corrected chi connectivity index (χ4v) is 1.40. The number of carbonyl (C=O) groups is 2. The second-order valence-electron chi connectivity index (χ2n) is 4.59. The second kappa shape index (κ2) is 7.27. The van der Waals surface area contributed by atoms with E-state index in [1.54, 1.807) is 11.9 Å². The molecule has 1 saturated carbocycles. The first-order valence-electron chi connectivity index (χ1n) is 6.25. The largest absolute Gasteiger partial charge is 0.465 e. The van der Waals surface area contributed by atoms with Crippen molar-refractivity contribution in [2.24, 2.45) is 0 Å². The topological polar surface area (TPSA) is 58.6 Å². The maximum Gasteiger partial charge on any atom is 0.320 e. The zero-order chi connectivity index (χ0) is 12.7. The van der Waals surface area contributed by atoms with Gasteiger partial charge in [-0.25, -0.2) is 0 Å². The molecule has 98 valence electrons. The third-order valence-electron chi connectivity index (χ3n) is 2.52. The van der Waals surface area contributed by atoms with Crippen molar-refractivity contribution in [1.82, 2.24) is 10.2 Å². The Morgan fingerprint density at radius 2 is 2.06 bits per heavy atom. The lowest BCUT2D eigenvalue weighted by Gasteiger charge is -2.15. The van der Waals surface area contributed by atoms with Crippen molar-refractivity contribution in [3.8, 4) is 0 Å². The van der Waals surface area contributed by atoms with Gasteiger partial charge in [-0.15, -0.1) is 0 Å². The van der Waals surface area contributed by atoms with E-state index >= 15 is 0 Å². The maximum atomic E-state index is 11.4. The van der Waals surface area contributed by atoms with Gasteiger partial charge < -0.3 is 10.1 Å². The molecule has 5 nitrogen and oxygen atoms in total. The molecule has 1 aliphatic carbocycles. The highest BCUT2D eigenvalue weighted by atomic mass is 16.5. The Labute approximate surface area is 102 Å². The highest BCUT2D eigenvalue weighted by molar-refractivity contribution is 5.79. The minimum Gasteiger partial charge on any atom is -0.465 e. The van der Waals surface area contributed by atoms with Crippen LogP contribution in [-0.4, -0.2) is 49.6 Å². The van der Waals surface area contributed by atoms with Gasteiger partial charge in [0.25, 0.3) is 0 Å². The Morgan fingerprint density at radius 1 is 1.35 bits per heavy atom. The molecule has 0 heterocycles. The summed E-state index contributed by atoms with van der Waals surface area (Å²) in [6.45, 7) is 2.93. The summed E-state index contributed by atoms with van der Waals surface area (Å²) in [5, 5.41) is 2.88. The van der Waals surface area contributed by atoms with Gasteiger partial charge >= 0.3 is 5.97 Å². The lowest BCUT2D eigenvalue weighted by atomic mass is 10.4. The molecule has 5 heteroatoms. The average Bonchev–Trinajstić information content (AvgIpc) is 3.01. The molecule has 0 aromatic carbocycles. The Hall–Kier alpha value is -1.10. The number of esters is 1. The molecule has 0 aromatic rings. The van der Waals surface area contributed by atoms with E-state index < -0.39 is 0 Å². The summed E-state index contributed by atoms with van der Waals surface area (Å²) in [7, 11) is 1.74. The summed E-state index contributed by atoms with van der Waals surface area (Å²) >= 11 is 0. The highest BCUT2D eigenvalue weighted by Crippen LogP contribution is 2.18. The van der Waals surface area contributed by atoms with Crippen LogP contribution in [0.25, 0.3) is 0 Å². The van der Waals surface area contributed by atoms with E-state index in [0.717, 1.165) is 25.7 Å². The standard InChI is InChI=1S/C12H22N2O3/c1-3-4-7-17-12(16)9-14(2)8-11(15)13-10-5-6-10/h10H,3-9H2,1-2H3,(H,13,15). The van der Waals surface area contributed by atoms with E-state index in [2.05, 4.69) is 5.32 Å². The van der Waals surface area contributed by atoms with Crippen LogP contribution >= 0.6 is 0 Å². The number of ether oxygens (including phenoxy) is 1. The van der Waals surface area contributed by atoms with Crippen LogP contribution in [0.15, 0.2) is 0 Å². The fraction of sp³-hybridized carbons (Fsp3) is 0.833. The number of amides is 1. The van der Waals surface area contributed by atoms with Crippen molar-refractivity contribution in [2.45, 2.75) is 38.6 Å². The van der Waals surface area contributed by atoms with Gasteiger partial charge in [-0.3, -0.25) is 14.5 Å². The third kappa shape index (κ3) is 6.94. The summed E-state index contributed by atoms with van der Waals surface area (Å²) in [5.41, 5.74) is 0. The van der Waals surface area contributed by atoms with Crippen molar-refractivity contribution in [1.29, 1.82) is 0 Å². The number of nitrogens with zero attached hydrogens (tertiary/aromatic N) is 1. The van der Waals surface area contributed by atoms with E-state index in [-0.39, 0.29) is 25.0 Å². The van der Waals surface area contributed by atoms with Crippen molar-refractivity contribution < 1.29 is 14.3 Å². The lowest BCUT2D eigenvalue weighted by molar-refractivity contribution is -0.144. The Bertz CT molecular complexity index is 264. The van der Waals surface area contributed by atoms with Crippen LogP contribution in [0.1, 0.15) is 32.6 Å². The quantitative estimate of drug-likeness (QED) is 0.498. The molecule has 0 radical (unpaired) electrons. The number of nitrogens with one attached hydrogen (secondary N) is 1. The van der Waals surface area contributed by atoms with E-state index in [0.29, 0.717) is 12.6 Å². The van der Waals surface area contributed by atoms with Crippen LogP contribution in [0.2, 0.25) is 0 Å². The van der Waals surface area contributed by atoms with E-state index in [1.165, 1.54) is 0 Å². The van der Waals surface area contributed by atoms with Crippen LogP contribution in [0.4, 0.5) is 0 Å². The van der Waals surface area contributed by atoms with Crippen molar-refractivity contribution in [3.63, 3.8) is 0 Å². The normalized spacial score (nSPS) is 14.8. The van der Waals surface area contributed by atoms with Gasteiger partial charge in [0.2, 0.25) is 5.91 Å². The van der Waals surface area contributed by atoms with Gasteiger partial charge in [-0.2, -0.15) is 0 Å². The summed E-state index contributed by atoms with van der Waals surface area (Å²) < 4.78 is 5.02. The van der Waals surface area contributed by atoms with E-state index in [4.69, 9.17) is 4.74 Å². The molecule has 0 atom stereocenters. The molecule has 0 aliphatic heterocycles. The fourth-order valence-electron chi connectivity index (χ4n) is 1.40. The van der Waals surface area contributed by atoms with Crippen LogP contribution in [0.3, 0.4) is 0 Å². The van der Waals surface area contributed by atoms with E-state index in [9.17, 15) is 9.59 Å². The Morgan fingerprint density at radius 3 is 2.65 bits per heavy atom. The molecule has 0 spiro atoms. The maximum absolute atomic E-state index is 11.4. The predicted molar refractivity (Wildman–Crippen MR) is 64.5 cm³/mol. The van der Waals surface area contributed by atoms with Gasteiger partial charge in [0.15, 0.2) is 0 Å². The number of rotatable bonds is 8. The molecule has 1 N–H and O–H groups in total. The summed E-state index contributed by atoms with van der Waals surface area (Å²) in [5.74, 6) is -0.281. The first kappa shape index (κ1) is 14.0. The van der Waals surface area contributed by atoms with Gasteiger partial charge in [0.05, 0.1) is 19.7 Å². The van der Waals surface area contributed by atoms with Crippen LogP contribution in [0, 0.1) is 0 Å². The first-order valence-corrected chi connectivity index (χ1v) is 6.25. The molecule has 0 saturated heterocycles. The SMILES string of the molecule is CCCCOC(=O)CN(C)CC(=O)NC1CC1. The Balaban J connectivity index is 2.07. The van der Waals surface area contributed by atoms with Gasteiger partial charge in [0, 0.05) is 6.04 Å². The van der Waals surface area contributed by atoms with Crippen molar-refractivity contribution in [2.75, 3.05) is 26.7 Å². The van der Waals surface area contributed by atoms with Gasteiger partial charge in [-0.05, 0) is 26.3 Å². The van der Waals surface area contributed by atoms with Crippen LogP contribution < -0.4 is 5.32 Å². The van der Waals surface area contributed by atoms with Gasteiger partial charge in [0.1, 0.15) is 0 Å².